The Balaban J connectivity index is 2.35. The summed E-state index contributed by atoms with van der Waals surface area (Å²) in [5, 5.41) is 0.546. The van der Waals surface area contributed by atoms with Crippen molar-refractivity contribution in [3.05, 3.63) is 29.6 Å². The zero-order chi connectivity index (χ0) is 12.4. The SMILES string of the molecule is CC1CN(c2c(F)cccc2[C@H](C)N)CCS1. The molecule has 0 saturated carbocycles. The molecule has 2 nitrogen and oxygen atoms in total. The molecule has 1 saturated heterocycles. The van der Waals surface area contributed by atoms with Crippen LogP contribution in [0.3, 0.4) is 0 Å². The highest BCUT2D eigenvalue weighted by Gasteiger charge is 2.22. The number of hydrogen-bond acceptors (Lipinski definition) is 3. The molecule has 0 spiro atoms. The second kappa shape index (κ2) is 5.27. The summed E-state index contributed by atoms with van der Waals surface area (Å²) < 4.78 is 14.0. The Hall–Kier alpha value is -0.740. The van der Waals surface area contributed by atoms with Gasteiger partial charge in [0.15, 0.2) is 0 Å². The average Bonchev–Trinajstić information content (AvgIpc) is 2.28. The Labute approximate surface area is 106 Å². The molecule has 1 fully saturated rings. The first-order valence-corrected chi connectivity index (χ1v) is 7.05. The minimum absolute atomic E-state index is 0.134. The van der Waals surface area contributed by atoms with Crippen LogP contribution in [0.2, 0.25) is 0 Å². The van der Waals surface area contributed by atoms with Crippen molar-refractivity contribution in [1.29, 1.82) is 0 Å². The van der Waals surface area contributed by atoms with Crippen LogP contribution >= 0.6 is 11.8 Å². The van der Waals surface area contributed by atoms with Crippen LogP contribution in [0.15, 0.2) is 18.2 Å². The van der Waals surface area contributed by atoms with Crippen molar-refractivity contribution in [3.63, 3.8) is 0 Å². The molecule has 0 radical (unpaired) electrons. The molecule has 1 aromatic carbocycles. The number of hydrogen-bond donors (Lipinski definition) is 1. The smallest absolute Gasteiger partial charge is 0.146 e. The van der Waals surface area contributed by atoms with E-state index in [1.807, 2.05) is 24.8 Å². The lowest BCUT2D eigenvalue weighted by atomic mass is 10.0. The van der Waals surface area contributed by atoms with Crippen molar-refractivity contribution in [2.75, 3.05) is 23.7 Å². The second-order valence-corrected chi connectivity index (χ2v) is 6.14. The van der Waals surface area contributed by atoms with E-state index in [2.05, 4.69) is 11.8 Å². The molecule has 17 heavy (non-hydrogen) atoms. The largest absolute Gasteiger partial charge is 0.367 e. The summed E-state index contributed by atoms with van der Waals surface area (Å²) in [5.41, 5.74) is 7.54. The molecule has 1 heterocycles. The van der Waals surface area contributed by atoms with Crippen molar-refractivity contribution in [3.8, 4) is 0 Å². The van der Waals surface area contributed by atoms with E-state index in [1.54, 1.807) is 6.07 Å². The van der Waals surface area contributed by atoms with Gasteiger partial charge in [-0.3, -0.25) is 0 Å². The fraction of sp³-hybridized carbons (Fsp3) is 0.538. The number of nitrogens with zero attached hydrogens (tertiary/aromatic N) is 1. The van der Waals surface area contributed by atoms with E-state index in [9.17, 15) is 4.39 Å². The predicted molar refractivity (Wildman–Crippen MR) is 73.1 cm³/mol. The maximum Gasteiger partial charge on any atom is 0.146 e. The molecule has 0 amide bonds. The normalized spacial score (nSPS) is 22.6. The molecular formula is C13H19FN2S. The molecule has 2 rings (SSSR count). The maximum absolute atomic E-state index is 14.0. The van der Waals surface area contributed by atoms with E-state index >= 15 is 0 Å². The average molecular weight is 254 g/mol. The lowest BCUT2D eigenvalue weighted by Crippen LogP contribution is -2.38. The second-order valence-electron chi connectivity index (χ2n) is 4.59. The fourth-order valence-corrected chi connectivity index (χ4v) is 3.27. The zero-order valence-corrected chi connectivity index (χ0v) is 11.1. The summed E-state index contributed by atoms with van der Waals surface area (Å²) in [5.74, 6) is 0.896. The van der Waals surface area contributed by atoms with Gasteiger partial charge in [-0.2, -0.15) is 11.8 Å². The highest BCUT2D eigenvalue weighted by molar-refractivity contribution is 8.00. The first-order valence-electron chi connectivity index (χ1n) is 6.00. The van der Waals surface area contributed by atoms with Gasteiger partial charge in [-0.25, -0.2) is 4.39 Å². The van der Waals surface area contributed by atoms with E-state index in [-0.39, 0.29) is 11.9 Å². The van der Waals surface area contributed by atoms with Gasteiger partial charge in [0.05, 0.1) is 5.69 Å². The molecule has 2 atom stereocenters. The summed E-state index contributed by atoms with van der Waals surface area (Å²) >= 11 is 1.94. The van der Waals surface area contributed by atoms with Crippen LogP contribution in [-0.4, -0.2) is 24.1 Å². The van der Waals surface area contributed by atoms with Crippen molar-refractivity contribution >= 4 is 17.4 Å². The Kier molecular flexibility index (Phi) is 3.94. The Morgan fingerprint density at radius 2 is 2.29 bits per heavy atom. The molecule has 0 aromatic heterocycles. The van der Waals surface area contributed by atoms with Crippen LogP contribution < -0.4 is 10.6 Å². The first-order chi connectivity index (χ1) is 8.09. The standard InChI is InChI=1S/C13H19FN2S/c1-9-8-16(6-7-17-9)13-11(10(2)15)4-3-5-12(13)14/h3-5,9-10H,6-8,15H2,1-2H3/t9?,10-/m0/s1. The van der Waals surface area contributed by atoms with E-state index in [1.165, 1.54) is 6.07 Å². The lowest BCUT2D eigenvalue weighted by Gasteiger charge is -2.34. The molecular weight excluding hydrogens is 235 g/mol. The van der Waals surface area contributed by atoms with Gasteiger partial charge < -0.3 is 10.6 Å². The van der Waals surface area contributed by atoms with Gasteiger partial charge in [0.2, 0.25) is 0 Å². The van der Waals surface area contributed by atoms with Crippen molar-refractivity contribution in [2.45, 2.75) is 25.1 Å². The molecule has 94 valence electrons. The summed E-state index contributed by atoms with van der Waals surface area (Å²) in [7, 11) is 0. The third-order valence-electron chi connectivity index (χ3n) is 3.07. The maximum atomic E-state index is 14.0. The van der Waals surface area contributed by atoms with E-state index in [4.69, 9.17) is 5.73 Å². The summed E-state index contributed by atoms with van der Waals surface area (Å²) in [6.07, 6.45) is 0. The van der Waals surface area contributed by atoms with E-state index in [0.29, 0.717) is 10.9 Å². The van der Waals surface area contributed by atoms with Crippen LogP contribution in [0.4, 0.5) is 10.1 Å². The topological polar surface area (TPSA) is 29.3 Å². The van der Waals surface area contributed by atoms with Crippen LogP contribution in [0.5, 0.6) is 0 Å². The molecule has 2 N–H and O–H groups in total. The Bertz CT molecular complexity index is 395. The monoisotopic (exact) mass is 254 g/mol. The zero-order valence-electron chi connectivity index (χ0n) is 10.3. The Morgan fingerprint density at radius 1 is 1.53 bits per heavy atom. The molecule has 4 heteroatoms. The number of thioether (sulfide) groups is 1. The van der Waals surface area contributed by atoms with Gasteiger partial charge in [0.1, 0.15) is 5.82 Å². The molecule has 0 bridgehead atoms. The molecule has 1 unspecified atom stereocenters. The fourth-order valence-electron chi connectivity index (χ4n) is 2.25. The predicted octanol–water partition coefficient (Wildman–Crippen LogP) is 2.79. The number of para-hydroxylation sites is 1. The molecule has 1 aliphatic heterocycles. The highest BCUT2D eigenvalue weighted by atomic mass is 32.2. The minimum atomic E-state index is -0.154. The quantitative estimate of drug-likeness (QED) is 0.880. The van der Waals surface area contributed by atoms with Crippen LogP contribution in [0.25, 0.3) is 0 Å². The summed E-state index contributed by atoms with van der Waals surface area (Å²) in [4.78, 5) is 2.13. The van der Waals surface area contributed by atoms with Gasteiger partial charge in [0, 0.05) is 30.1 Å². The van der Waals surface area contributed by atoms with Crippen LogP contribution in [0.1, 0.15) is 25.5 Å². The van der Waals surface area contributed by atoms with Crippen LogP contribution in [0, 0.1) is 5.82 Å². The third-order valence-corrected chi connectivity index (χ3v) is 4.20. The van der Waals surface area contributed by atoms with Gasteiger partial charge >= 0.3 is 0 Å². The molecule has 1 aliphatic rings. The first kappa shape index (κ1) is 12.7. The summed E-state index contributed by atoms with van der Waals surface area (Å²) in [6.45, 7) is 5.88. The minimum Gasteiger partial charge on any atom is -0.367 e. The third kappa shape index (κ3) is 2.75. The number of anilines is 1. The van der Waals surface area contributed by atoms with Crippen molar-refractivity contribution in [1.82, 2.24) is 0 Å². The van der Waals surface area contributed by atoms with E-state index in [0.717, 1.165) is 24.4 Å². The number of nitrogens with two attached hydrogens (primary N) is 1. The van der Waals surface area contributed by atoms with Gasteiger partial charge in [0.25, 0.3) is 0 Å². The lowest BCUT2D eigenvalue weighted by molar-refractivity contribution is 0.609. The number of benzene rings is 1. The van der Waals surface area contributed by atoms with Crippen LogP contribution in [-0.2, 0) is 0 Å². The van der Waals surface area contributed by atoms with Crippen molar-refractivity contribution in [2.24, 2.45) is 5.73 Å². The molecule has 1 aromatic rings. The van der Waals surface area contributed by atoms with Gasteiger partial charge in [-0.15, -0.1) is 0 Å². The van der Waals surface area contributed by atoms with Crippen molar-refractivity contribution < 1.29 is 4.39 Å². The Morgan fingerprint density at radius 3 is 2.94 bits per heavy atom. The number of halogens is 1. The summed E-state index contributed by atoms with van der Waals surface area (Å²) in [6, 6.07) is 5.05. The molecule has 0 aliphatic carbocycles. The number of rotatable bonds is 2. The highest BCUT2D eigenvalue weighted by Crippen LogP contribution is 2.31. The van der Waals surface area contributed by atoms with Gasteiger partial charge in [-0.1, -0.05) is 19.1 Å². The van der Waals surface area contributed by atoms with E-state index < -0.39 is 0 Å². The van der Waals surface area contributed by atoms with Gasteiger partial charge in [-0.05, 0) is 18.6 Å².